The Kier molecular flexibility index (Phi) is 4.26. The molecule has 0 aromatic heterocycles. The Hall–Kier alpha value is -1.39. The van der Waals surface area contributed by atoms with Crippen LogP contribution in [0.25, 0.3) is 0 Å². The first-order chi connectivity index (χ1) is 7.83. The van der Waals surface area contributed by atoms with Gasteiger partial charge in [0.25, 0.3) is 0 Å². The lowest BCUT2D eigenvalue weighted by molar-refractivity contribution is -0.132. The van der Waals surface area contributed by atoms with E-state index in [9.17, 15) is 22.4 Å². The number of Topliss-reactive ketones (excluding diaryl/α,β-unsaturated/α-hetero) is 1. The molecular formula is C12H12F4O. The number of carbonyl (C=O) groups excluding carboxylic acids is 1. The van der Waals surface area contributed by atoms with Gasteiger partial charge in [-0.2, -0.15) is 0 Å². The summed E-state index contributed by atoms with van der Waals surface area (Å²) in [6, 6.07) is 6.33. The van der Waals surface area contributed by atoms with Crippen LogP contribution in [0.2, 0.25) is 0 Å². The quantitative estimate of drug-likeness (QED) is 0.571. The molecule has 0 aliphatic rings. The highest BCUT2D eigenvalue weighted by Gasteiger charge is 2.40. The van der Waals surface area contributed by atoms with Crippen LogP contribution in [0, 0.1) is 6.92 Å². The van der Waals surface area contributed by atoms with Gasteiger partial charge in [0.2, 0.25) is 0 Å². The molecule has 1 rings (SSSR count). The number of benzene rings is 1. The zero-order chi connectivity index (χ0) is 13.1. The zero-order valence-electron chi connectivity index (χ0n) is 9.22. The molecular weight excluding hydrogens is 236 g/mol. The van der Waals surface area contributed by atoms with Crippen molar-refractivity contribution in [3.05, 3.63) is 35.4 Å². The first-order valence-electron chi connectivity index (χ1n) is 5.09. The van der Waals surface area contributed by atoms with Gasteiger partial charge in [-0.15, -0.1) is 0 Å². The SMILES string of the molecule is Cc1ccc(C(=O)CCC(F)(F)C(F)F)cc1. The van der Waals surface area contributed by atoms with E-state index in [-0.39, 0.29) is 5.56 Å². The van der Waals surface area contributed by atoms with Gasteiger partial charge >= 0.3 is 12.3 Å². The molecule has 0 radical (unpaired) electrons. The molecule has 0 saturated carbocycles. The molecule has 0 bridgehead atoms. The third-order valence-corrected chi connectivity index (χ3v) is 2.38. The lowest BCUT2D eigenvalue weighted by Crippen LogP contribution is -2.27. The smallest absolute Gasteiger partial charge is 0.294 e. The lowest BCUT2D eigenvalue weighted by Gasteiger charge is -2.14. The maximum Gasteiger partial charge on any atom is 0.307 e. The van der Waals surface area contributed by atoms with Crippen LogP contribution in [0.4, 0.5) is 17.6 Å². The normalized spacial score (nSPS) is 11.9. The van der Waals surface area contributed by atoms with E-state index in [0.29, 0.717) is 0 Å². The third-order valence-electron chi connectivity index (χ3n) is 2.38. The monoisotopic (exact) mass is 248 g/mol. The molecule has 0 fully saturated rings. The molecule has 0 unspecified atom stereocenters. The van der Waals surface area contributed by atoms with Crippen molar-refractivity contribution < 1.29 is 22.4 Å². The van der Waals surface area contributed by atoms with E-state index in [1.165, 1.54) is 12.1 Å². The van der Waals surface area contributed by atoms with Crippen LogP contribution >= 0.6 is 0 Å². The fourth-order valence-electron chi connectivity index (χ4n) is 1.27. The summed E-state index contributed by atoms with van der Waals surface area (Å²) < 4.78 is 48.9. The molecule has 0 atom stereocenters. The number of aryl methyl sites for hydroxylation is 1. The van der Waals surface area contributed by atoms with Crippen molar-refractivity contribution >= 4 is 5.78 Å². The van der Waals surface area contributed by atoms with Crippen molar-refractivity contribution in [2.45, 2.75) is 32.1 Å². The second-order valence-corrected chi connectivity index (χ2v) is 3.85. The molecule has 0 aliphatic carbocycles. The van der Waals surface area contributed by atoms with E-state index in [0.717, 1.165) is 5.56 Å². The fourth-order valence-corrected chi connectivity index (χ4v) is 1.27. The summed E-state index contributed by atoms with van der Waals surface area (Å²) >= 11 is 0. The Morgan fingerprint density at radius 3 is 2.24 bits per heavy atom. The van der Waals surface area contributed by atoms with Crippen molar-refractivity contribution in [2.75, 3.05) is 0 Å². The molecule has 94 valence electrons. The minimum absolute atomic E-state index is 0.265. The van der Waals surface area contributed by atoms with Crippen LogP contribution in [-0.4, -0.2) is 18.1 Å². The first kappa shape index (κ1) is 13.7. The molecule has 5 heteroatoms. The Labute approximate surface area is 96.4 Å². The van der Waals surface area contributed by atoms with Gasteiger partial charge in [-0.25, -0.2) is 17.6 Å². The number of carbonyl (C=O) groups is 1. The van der Waals surface area contributed by atoms with Crippen LogP contribution in [0.1, 0.15) is 28.8 Å². The van der Waals surface area contributed by atoms with Crippen LogP contribution < -0.4 is 0 Å². The Balaban J connectivity index is 2.59. The second-order valence-electron chi connectivity index (χ2n) is 3.85. The molecule has 1 nitrogen and oxygen atoms in total. The molecule has 17 heavy (non-hydrogen) atoms. The summed E-state index contributed by atoms with van der Waals surface area (Å²) in [6.45, 7) is 1.82. The van der Waals surface area contributed by atoms with E-state index < -0.39 is 31.0 Å². The summed E-state index contributed by atoms with van der Waals surface area (Å²) in [5.74, 6) is -4.65. The molecule has 0 saturated heterocycles. The molecule has 1 aromatic rings. The molecule has 0 N–H and O–H groups in total. The van der Waals surface area contributed by atoms with Crippen molar-refractivity contribution in [1.82, 2.24) is 0 Å². The van der Waals surface area contributed by atoms with Crippen LogP contribution in [0.15, 0.2) is 24.3 Å². The highest BCUT2D eigenvalue weighted by molar-refractivity contribution is 5.96. The topological polar surface area (TPSA) is 17.1 Å². The summed E-state index contributed by atoms with van der Waals surface area (Å²) in [5, 5.41) is 0. The maximum absolute atomic E-state index is 12.6. The van der Waals surface area contributed by atoms with Crippen molar-refractivity contribution in [2.24, 2.45) is 0 Å². The van der Waals surface area contributed by atoms with Gasteiger partial charge in [-0.3, -0.25) is 4.79 Å². The number of halogens is 4. The highest BCUT2D eigenvalue weighted by Crippen LogP contribution is 2.28. The van der Waals surface area contributed by atoms with Crippen LogP contribution in [0.3, 0.4) is 0 Å². The van der Waals surface area contributed by atoms with Gasteiger partial charge in [0, 0.05) is 18.4 Å². The summed E-state index contributed by atoms with van der Waals surface area (Å²) in [4.78, 5) is 11.4. The lowest BCUT2D eigenvalue weighted by atomic mass is 10.0. The average molecular weight is 248 g/mol. The molecule has 0 aliphatic heterocycles. The highest BCUT2D eigenvalue weighted by atomic mass is 19.3. The van der Waals surface area contributed by atoms with Crippen molar-refractivity contribution in [3.8, 4) is 0 Å². The number of rotatable bonds is 5. The van der Waals surface area contributed by atoms with Gasteiger partial charge in [0.05, 0.1) is 0 Å². The van der Waals surface area contributed by atoms with Crippen molar-refractivity contribution in [1.29, 1.82) is 0 Å². The third kappa shape index (κ3) is 3.84. The second kappa shape index (κ2) is 5.29. The number of ketones is 1. The van der Waals surface area contributed by atoms with Gasteiger partial charge in [-0.05, 0) is 6.92 Å². The molecule has 0 spiro atoms. The van der Waals surface area contributed by atoms with Crippen LogP contribution in [-0.2, 0) is 0 Å². The standard InChI is InChI=1S/C12H12F4O/c1-8-2-4-9(5-3-8)10(17)6-7-12(15,16)11(13)14/h2-5,11H,6-7H2,1H3. The predicted molar refractivity (Wildman–Crippen MR) is 55.7 cm³/mol. The minimum Gasteiger partial charge on any atom is -0.294 e. The number of hydrogen-bond donors (Lipinski definition) is 0. The Bertz CT molecular complexity index is 384. The van der Waals surface area contributed by atoms with E-state index in [1.54, 1.807) is 12.1 Å². The van der Waals surface area contributed by atoms with E-state index in [4.69, 9.17) is 0 Å². The van der Waals surface area contributed by atoms with Gasteiger partial charge in [-0.1, -0.05) is 29.8 Å². The number of hydrogen-bond acceptors (Lipinski definition) is 1. The maximum atomic E-state index is 12.6. The fraction of sp³-hybridized carbons (Fsp3) is 0.417. The van der Waals surface area contributed by atoms with Gasteiger partial charge in [0.15, 0.2) is 5.78 Å². The Morgan fingerprint density at radius 1 is 1.24 bits per heavy atom. The average Bonchev–Trinajstić information content (AvgIpc) is 2.27. The minimum atomic E-state index is -4.10. The van der Waals surface area contributed by atoms with Gasteiger partial charge < -0.3 is 0 Å². The summed E-state index contributed by atoms with van der Waals surface area (Å²) in [5.41, 5.74) is 1.19. The first-order valence-corrected chi connectivity index (χ1v) is 5.09. The van der Waals surface area contributed by atoms with Crippen molar-refractivity contribution in [3.63, 3.8) is 0 Å². The zero-order valence-corrected chi connectivity index (χ0v) is 9.22. The molecule has 0 amide bonds. The molecule has 0 heterocycles. The largest absolute Gasteiger partial charge is 0.307 e. The van der Waals surface area contributed by atoms with E-state index in [1.807, 2.05) is 6.92 Å². The summed E-state index contributed by atoms with van der Waals surface area (Å²) in [6.07, 6.45) is -5.44. The van der Waals surface area contributed by atoms with Gasteiger partial charge in [0.1, 0.15) is 0 Å². The predicted octanol–water partition coefficient (Wildman–Crippen LogP) is 3.86. The summed E-state index contributed by atoms with van der Waals surface area (Å²) in [7, 11) is 0. The Morgan fingerprint density at radius 2 is 1.76 bits per heavy atom. The van der Waals surface area contributed by atoms with Crippen LogP contribution in [0.5, 0.6) is 0 Å². The van der Waals surface area contributed by atoms with E-state index >= 15 is 0 Å². The van der Waals surface area contributed by atoms with E-state index in [2.05, 4.69) is 0 Å². The molecule has 1 aromatic carbocycles. The number of alkyl halides is 4.